The topological polar surface area (TPSA) is 69.7 Å². The number of carbonyl (C=O) groups excluding carboxylic acids is 1. The Bertz CT molecular complexity index is 740. The molecule has 1 saturated carbocycles. The van der Waals surface area contributed by atoms with Gasteiger partial charge < -0.3 is 10.2 Å². The summed E-state index contributed by atoms with van der Waals surface area (Å²) >= 11 is 5.96. The summed E-state index contributed by atoms with van der Waals surface area (Å²) in [5.41, 5.74) is 0.563. The smallest absolute Gasteiger partial charge is 0.254 e. The summed E-state index contributed by atoms with van der Waals surface area (Å²) < 4.78 is 27.1. The molecule has 1 saturated heterocycles. The fraction of sp³-hybridized carbons (Fsp3) is 0.650. The molecule has 0 atom stereocenters. The zero-order chi connectivity index (χ0) is 20.0. The van der Waals surface area contributed by atoms with Gasteiger partial charge in [-0.1, -0.05) is 37.3 Å². The molecule has 8 heteroatoms. The lowest BCUT2D eigenvalue weighted by molar-refractivity contribution is 0.0674. The van der Waals surface area contributed by atoms with Crippen LogP contribution in [0.15, 0.2) is 24.3 Å². The lowest BCUT2D eigenvalue weighted by Gasteiger charge is -2.33. The minimum atomic E-state index is -3.37. The molecule has 156 valence electrons. The lowest BCUT2D eigenvalue weighted by atomic mass is 10.1. The second-order valence-electron chi connectivity index (χ2n) is 7.62. The van der Waals surface area contributed by atoms with Crippen molar-refractivity contribution in [2.24, 2.45) is 0 Å². The normalized spacial score (nSPS) is 19.9. The number of amides is 1. The average molecular weight is 428 g/mol. The number of nitrogens with zero attached hydrogens (tertiary/aromatic N) is 2. The van der Waals surface area contributed by atoms with Gasteiger partial charge in [-0.25, -0.2) is 8.42 Å². The van der Waals surface area contributed by atoms with Crippen LogP contribution in [0.3, 0.4) is 0 Å². The van der Waals surface area contributed by atoms with Gasteiger partial charge in [0.15, 0.2) is 0 Å². The van der Waals surface area contributed by atoms with Crippen LogP contribution in [0.2, 0.25) is 5.02 Å². The molecule has 0 aromatic heterocycles. The van der Waals surface area contributed by atoms with Crippen LogP contribution in [0, 0.1) is 0 Å². The van der Waals surface area contributed by atoms with Crippen molar-refractivity contribution >= 4 is 27.5 Å². The number of hydrogen-bond donors (Lipinski definition) is 1. The monoisotopic (exact) mass is 427 g/mol. The highest BCUT2D eigenvalue weighted by molar-refractivity contribution is 7.89. The molecule has 0 unspecified atom stereocenters. The van der Waals surface area contributed by atoms with Crippen LogP contribution in [0.25, 0.3) is 0 Å². The first-order valence-electron chi connectivity index (χ1n) is 10.2. The Kier molecular flexibility index (Phi) is 7.74. The number of carbonyl (C=O) groups is 1. The van der Waals surface area contributed by atoms with Crippen LogP contribution in [-0.2, 0) is 10.0 Å². The van der Waals surface area contributed by atoms with E-state index in [0.29, 0.717) is 36.8 Å². The first-order chi connectivity index (χ1) is 13.5. The van der Waals surface area contributed by atoms with Crippen molar-refractivity contribution in [3.63, 3.8) is 0 Å². The average Bonchev–Trinajstić information content (AvgIpc) is 2.99. The molecule has 1 heterocycles. The molecule has 1 aliphatic heterocycles. The maximum absolute atomic E-state index is 13.2. The van der Waals surface area contributed by atoms with Gasteiger partial charge in [-0.15, -0.1) is 0 Å². The summed E-state index contributed by atoms with van der Waals surface area (Å²) in [7, 11) is -3.37. The molecule has 6 nitrogen and oxygen atoms in total. The van der Waals surface area contributed by atoms with Gasteiger partial charge in [0, 0.05) is 49.4 Å². The second-order valence-corrected chi connectivity index (χ2v) is 10.1. The van der Waals surface area contributed by atoms with Crippen LogP contribution in [0.1, 0.15) is 48.9 Å². The van der Waals surface area contributed by atoms with Crippen LogP contribution in [0.4, 0.5) is 0 Å². The molecule has 1 aromatic carbocycles. The van der Waals surface area contributed by atoms with E-state index in [-0.39, 0.29) is 24.2 Å². The molecule has 3 rings (SSSR count). The first-order valence-corrected chi connectivity index (χ1v) is 12.2. The molecule has 2 fully saturated rings. The summed E-state index contributed by atoms with van der Waals surface area (Å²) in [6, 6.07) is 6.96. The van der Waals surface area contributed by atoms with E-state index in [0.717, 1.165) is 25.7 Å². The summed E-state index contributed by atoms with van der Waals surface area (Å²) in [5.74, 6) is -0.123. The third-order valence-electron chi connectivity index (χ3n) is 5.68. The molecule has 1 aromatic rings. The number of hydrogen-bond acceptors (Lipinski definition) is 4. The first kappa shape index (κ1) is 21.6. The number of benzene rings is 1. The Morgan fingerprint density at radius 1 is 1.07 bits per heavy atom. The number of piperazine rings is 1. The minimum Gasteiger partial charge on any atom is -0.335 e. The highest BCUT2D eigenvalue weighted by atomic mass is 35.5. The molecule has 0 bridgehead atoms. The number of nitrogens with one attached hydrogen (secondary N) is 1. The predicted molar refractivity (Wildman–Crippen MR) is 112 cm³/mol. The van der Waals surface area contributed by atoms with Gasteiger partial charge in [-0.05, 0) is 37.1 Å². The van der Waals surface area contributed by atoms with E-state index >= 15 is 0 Å². The summed E-state index contributed by atoms with van der Waals surface area (Å²) in [6.07, 6.45) is 6.40. The Balaban J connectivity index is 1.75. The van der Waals surface area contributed by atoms with E-state index in [9.17, 15) is 13.2 Å². The molecular formula is C20H30ClN3O3S. The zero-order valence-electron chi connectivity index (χ0n) is 16.3. The Labute approximate surface area is 173 Å². The van der Waals surface area contributed by atoms with Crippen molar-refractivity contribution < 1.29 is 13.2 Å². The molecule has 1 amide bonds. The Hall–Kier alpha value is -1.15. The zero-order valence-corrected chi connectivity index (χ0v) is 17.8. The largest absolute Gasteiger partial charge is 0.335 e. The summed E-state index contributed by atoms with van der Waals surface area (Å²) in [6.45, 7) is 2.58. The minimum absolute atomic E-state index is 0.0250. The number of rotatable bonds is 6. The summed E-state index contributed by atoms with van der Waals surface area (Å²) in [4.78, 5) is 15.0. The molecule has 2 aliphatic rings. The van der Waals surface area contributed by atoms with Gasteiger partial charge in [-0.3, -0.25) is 4.79 Å². The fourth-order valence-electron chi connectivity index (χ4n) is 4.04. The molecular weight excluding hydrogens is 398 g/mol. The molecule has 0 radical (unpaired) electrons. The van der Waals surface area contributed by atoms with E-state index in [1.807, 2.05) is 0 Å². The predicted octanol–water partition coefficient (Wildman–Crippen LogP) is 2.74. The maximum atomic E-state index is 13.2. The van der Waals surface area contributed by atoms with Crippen LogP contribution in [0.5, 0.6) is 0 Å². The molecule has 0 spiro atoms. The second kappa shape index (κ2) is 10.1. The third kappa shape index (κ3) is 5.69. The third-order valence-corrected chi connectivity index (χ3v) is 7.78. The van der Waals surface area contributed by atoms with E-state index in [2.05, 4.69) is 5.32 Å². The van der Waals surface area contributed by atoms with Crippen molar-refractivity contribution in [1.29, 1.82) is 0 Å². The van der Waals surface area contributed by atoms with Gasteiger partial charge in [0.25, 0.3) is 5.91 Å². The van der Waals surface area contributed by atoms with E-state index in [1.54, 1.807) is 33.5 Å². The van der Waals surface area contributed by atoms with Crippen LogP contribution >= 0.6 is 11.6 Å². The Morgan fingerprint density at radius 2 is 1.68 bits per heavy atom. The number of sulfonamides is 1. The van der Waals surface area contributed by atoms with Crippen LogP contribution < -0.4 is 5.32 Å². The van der Waals surface area contributed by atoms with E-state index in [4.69, 9.17) is 11.6 Å². The van der Waals surface area contributed by atoms with Crippen molar-refractivity contribution in [2.75, 3.05) is 38.5 Å². The van der Waals surface area contributed by atoms with Gasteiger partial charge in [0.05, 0.1) is 5.75 Å². The molecule has 28 heavy (non-hydrogen) atoms. The maximum Gasteiger partial charge on any atom is 0.254 e. The van der Waals surface area contributed by atoms with E-state index in [1.165, 1.54) is 12.8 Å². The SMILES string of the molecule is O=C(c1ccc(Cl)cc1)N(CCS(=O)(=O)N1CCNCC1)C1CCCCCC1. The van der Waals surface area contributed by atoms with Crippen molar-refractivity contribution in [3.8, 4) is 0 Å². The summed E-state index contributed by atoms with van der Waals surface area (Å²) in [5, 5.41) is 3.76. The van der Waals surface area contributed by atoms with Gasteiger partial charge in [-0.2, -0.15) is 4.31 Å². The van der Waals surface area contributed by atoms with Crippen LogP contribution in [-0.4, -0.2) is 68.0 Å². The molecule has 1 aliphatic carbocycles. The molecule has 1 N–H and O–H groups in total. The standard InChI is InChI=1S/C20H30ClN3O3S/c21-18-9-7-17(8-10-18)20(25)24(19-5-3-1-2-4-6-19)15-16-28(26,27)23-13-11-22-12-14-23/h7-10,19,22H,1-6,11-16H2. The van der Waals surface area contributed by atoms with Gasteiger partial charge in [0.2, 0.25) is 10.0 Å². The lowest BCUT2D eigenvalue weighted by Crippen LogP contribution is -2.49. The van der Waals surface area contributed by atoms with Gasteiger partial charge in [0.1, 0.15) is 0 Å². The van der Waals surface area contributed by atoms with Crippen molar-refractivity contribution in [1.82, 2.24) is 14.5 Å². The quantitative estimate of drug-likeness (QED) is 0.708. The van der Waals surface area contributed by atoms with Crippen molar-refractivity contribution in [2.45, 2.75) is 44.6 Å². The highest BCUT2D eigenvalue weighted by Gasteiger charge is 2.29. The van der Waals surface area contributed by atoms with E-state index < -0.39 is 10.0 Å². The van der Waals surface area contributed by atoms with Gasteiger partial charge >= 0.3 is 0 Å². The number of halogens is 1. The Morgan fingerprint density at radius 3 is 2.29 bits per heavy atom. The highest BCUT2D eigenvalue weighted by Crippen LogP contribution is 2.24. The van der Waals surface area contributed by atoms with Crippen molar-refractivity contribution in [3.05, 3.63) is 34.9 Å². The fourth-order valence-corrected chi connectivity index (χ4v) is 5.59.